The number of carboxylic acid groups (broad SMARTS) is 4. The maximum atomic E-state index is 12.4. The number of aromatic nitrogens is 20. The van der Waals surface area contributed by atoms with Crippen LogP contribution in [0.1, 0.15) is 87.2 Å². The third-order valence-corrected chi connectivity index (χ3v) is 26.4. The quantitative estimate of drug-likeness (QED) is 0.0485. The largest absolute Gasteiger partial charge is 0.476 e. The average Bonchev–Trinajstić information content (AvgIpc) is 1.63. The van der Waals surface area contributed by atoms with E-state index in [4.69, 9.17) is 99.5 Å². The highest BCUT2D eigenvalue weighted by atomic mass is 79.9. The predicted octanol–water partition coefficient (Wildman–Crippen LogP) is 26.3. The molecule has 0 saturated heterocycles. The van der Waals surface area contributed by atoms with Gasteiger partial charge in [0.05, 0.1) is 73.6 Å². The van der Waals surface area contributed by atoms with Gasteiger partial charge in [-0.2, -0.15) is 49.2 Å². The Morgan fingerprint density at radius 3 is 0.859 bits per heavy atom. The van der Waals surface area contributed by atoms with E-state index < -0.39 is 29.8 Å². The number of nitrogens with zero attached hydrogens (tertiary/aromatic N) is 20. The maximum Gasteiger partial charge on any atom is 0.360 e. The van der Waals surface area contributed by atoms with Crippen molar-refractivity contribution in [3.05, 3.63) is 348 Å². The zero-order valence-electron chi connectivity index (χ0n) is 73.8. The Hall–Kier alpha value is -14.4. The first-order valence-corrected chi connectivity index (χ1v) is 48.2. The Bertz CT molecular complexity index is 7480. The summed E-state index contributed by atoms with van der Waals surface area (Å²) in [5.41, 5.74) is 12.8. The molecule has 0 aliphatic rings. The summed E-state index contributed by atoms with van der Waals surface area (Å²) < 4.78 is 38.2. The molecule has 142 heavy (non-hydrogen) atoms. The zero-order chi connectivity index (χ0) is 101. The third kappa shape index (κ3) is 21.9. The molecule has 33 nitrogen and oxygen atoms in total. The number of aryl methyl sites for hydroxylation is 5. The van der Waals surface area contributed by atoms with Crippen molar-refractivity contribution in [3.8, 4) is 142 Å². The van der Waals surface area contributed by atoms with Gasteiger partial charge >= 0.3 is 29.8 Å². The summed E-state index contributed by atoms with van der Waals surface area (Å²) in [5.74, 6) is -3.32. The van der Waals surface area contributed by atoms with E-state index >= 15 is 0 Å². The number of hydrogen-bond donors (Lipinski definition) is 4. The zero-order valence-corrected chi connectivity index (χ0v) is 85.5. The van der Waals surface area contributed by atoms with Gasteiger partial charge in [0, 0.05) is 27.8 Å². The Morgan fingerprint density at radius 2 is 0.563 bits per heavy atom. The Morgan fingerprint density at radius 1 is 0.317 bits per heavy atom. The summed E-state index contributed by atoms with van der Waals surface area (Å²) in [4.78, 5) is 81.3. The first-order valence-electron chi connectivity index (χ1n) is 41.6. The second-order valence-electron chi connectivity index (χ2n) is 30.3. The lowest BCUT2D eigenvalue weighted by atomic mass is 10.1. The summed E-state index contributed by atoms with van der Waals surface area (Å²) in [6, 6.07) is 73.6. The Labute approximate surface area is 872 Å². The van der Waals surface area contributed by atoms with E-state index in [2.05, 4.69) is 122 Å². The number of rotatable bonds is 21. The van der Waals surface area contributed by atoms with Gasteiger partial charge in [0.1, 0.15) is 48.5 Å². The van der Waals surface area contributed by atoms with Crippen molar-refractivity contribution in [1.29, 1.82) is 0 Å². The minimum absolute atomic E-state index is 0.0407. The molecule has 0 bridgehead atoms. The lowest BCUT2D eigenvalue weighted by molar-refractivity contribution is 0.0515. The van der Waals surface area contributed by atoms with Crippen LogP contribution in [0.4, 0.5) is 0 Å². The van der Waals surface area contributed by atoms with Gasteiger partial charge in [0.15, 0.2) is 40.1 Å². The van der Waals surface area contributed by atoms with Crippen LogP contribution in [0.25, 0.3) is 142 Å². The molecule has 0 amide bonds. The molecule has 0 unspecified atom stereocenters. The number of ether oxygens (including phenoxy) is 1. The van der Waals surface area contributed by atoms with E-state index in [9.17, 15) is 44.4 Å². The van der Waals surface area contributed by atoms with Crippen molar-refractivity contribution in [2.45, 2.75) is 41.5 Å². The number of carbonyl (C=O) groups excluding carboxylic acids is 1. The van der Waals surface area contributed by atoms with Crippen LogP contribution in [0.3, 0.4) is 0 Å². The minimum atomic E-state index is -1.28. The fourth-order valence-electron chi connectivity index (χ4n) is 13.9. The van der Waals surface area contributed by atoms with Crippen LogP contribution in [0.2, 0.25) is 35.2 Å². The molecule has 0 spiro atoms. The summed E-state index contributed by atoms with van der Waals surface area (Å²) in [7, 11) is 0. The number of hydrogen-bond acceptors (Lipinski definition) is 26. The van der Waals surface area contributed by atoms with Crippen LogP contribution in [0, 0.1) is 34.6 Å². The van der Waals surface area contributed by atoms with E-state index in [0.717, 1.165) is 60.6 Å². The first kappa shape index (κ1) is 101. The van der Waals surface area contributed by atoms with E-state index in [1.165, 1.54) is 46.5 Å². The molecular weight excluding hydrogens is 2210 g/mol. The molecule has 10 aromatic heterocycles. The highest BCUT2D eigenvalue weighted by molar-refractivity contribution is 9.11. The van der Waals surface area contributed by atoms with Crippen molar-refractivity contribution in [2.75, 3.05) is 6.61 Å². The molecule has 0 saturated carbocycles. The number of benzene rings is 10. The Kier molecular flexibility index (Phi) is 31.3. The van der Waals surface area contributed by atoms with Gasteiger partial charge in [0.25, 0.3) is 17.7 Å². The molecule has 0 radical (unpaired) electrons. The second kappa shape index (κ2) is 44.2. The van der Waals surface area contributed by atoms with Crippen molar-refractivity contribution < 1.29 is 62.7 Å². The first-order chi connectivity index (χ1) is 68.3. The standard InChI is InChI=1S/C21H16BrClN4O3.C19H12BrClN4O3.C19H12BrClN4O2S.C19H12Cl2N4O3.C19H12Cl2N4O2S/c1-3-29-21(28)17-16(22)18(27(25-17)15-10-5-4-9-14(15)23)19-24-20(30-26-19)13-8-6-7-12(2)11-13;2*1-10-5-4-6-11(9-10)18-22-17(24-28-18)16-14(20)15(19(26)27)23-25(16)13-8-3-2-7-12(13)21;2*1-10-5-4-6-11(9-10)18-22-17(24-28-18)16-14(21)15(19(26)27)23-25(16)13-8-3-2-7-12(13)20/h4-11H,3H2,1-2H3;4*2-9H,1H3,(H,26,27). The fourth-order valence-corrected chi connectivity index (χ4v) is 18.6. The number of para-hydroxylation sites is 5. The molecular formula is C97H64Br3Cl7N20O13S2. The van der Waals surface area contributed by atoms with E-state index in [1.807, 2.05) is 162 Å². The van der Waals surface area contributed by atoms with Crippen LogP contribution in [0.15, 0.2) is 270 Å². The van der Waals surface area contributed by atoms with Crippen molar-refractivity contribution >= 4 is 182 Å². The molecule has 0 fully saturated rings. The number of halogens is 10. The van der Waals surface area contributed by atoms with Crippen LogP contribution < -0.4 is 0 Å². The monoisotopic (exact) mass is 2260 g/mol. The van der Waals surface area contributed by atoms with Crippen molar-refractivity contribution in [3.63, 3.8) is 0 Å². The molecule has 45 heteroatoms. The predicted molar refractivity (Wildman–Crippen MR) is 548 cm³/mol. The second-order valence-corrected chi connectivity index (χ2v) is 37.0. The normalized spacial score (nSPS) is 11.0. The summed E-state index contributed by atoms with van der Waals surface area (Å²) in [6.45, 7) is 11.8. The average molecular weight is 2270 g/mol. The number of esters is 1. The molecule has 20 aromatic rings. The molecule has 10 heterocycles. The van der Waals surface area contributed by atoms with Crippen LogP contribution >= 0.6 is 152 Å². The van der Waals surface area contributed by atoms with Crippen molar-refractivity contribution in [2.24, 2.45) is 0 Å². The van der Waals surface area contributed by atoms with Gasteiger partial charge in [-0.05, 0) is 222 Å². The smallest absolute Gasteiger partial charge is 0.360 e. The van der Waals surface area contributed by atoms with E-state index in [-0.39, 0.29) is 90.2 Å². The molecule has 0 atom stereocenters. The maximum absolute atomic E-state index is 12.4. The topological polar surface area (TPSA) is 433 Å². The SMILES string of the molecule is CCOC(=O)c1nn(-c2ccccc2Cl)c(-c2noc(-c3cccc(C)c3)n2)c1Br.Cc1cccc(-c2nc(-c3c(Br)c(C(=O)O)nn3-c3ccccc3Cl)no2)c1.Cc1cccc(-c2nc(-c3c(Br)c(C(=O)O)nn3-c3ccccc3Cl)ns2)c1.Cc1cccc(-c2nc(-c3c(Cl)c(C(=O)O)nn3-c3ccccc3Cl)no2)c1.Cc1cccc(-c2nc(-c3c(Cl)c(C(=O)O)nn3-c3ccccc3Cl)ns2)c1. The van der Waals surface area contributed by atoms with Gasteiger partial charge in [-0.25, -0.2) is 57.3 Å². The molecule has 10 aromatic carbocycles. The van der Waals surface area contributed by atoms with Gasteiger partial charge < -0.3 is 38.7 Å². The molecule has 4 N–H and O–H groups in total. The highest BCUT2D eigenvalue weighted by Gasteiger charge is 2.35. The molecule has 0 aliphatic carbocycles. The highest BCUT2D eigenvalue weighted by Crippen LogP contribution is 2.43. The van der Waals surface area contributed by atoms with Crippen LogP contribution in [-0.4, -0.2) is 155 Å². The van der Waals surface area contributed by atoms with Gasteiger partial charge in [-0.15, -0.1) is 0 Å². The Balaban J connectivity index is 0.000000128. The van der Waals surface area contributed by atoms with E-state index in [1.54, 1.807) is 122 Å². The van der Waals surface area contributed by atoms with Crippen LogP contribution in [0.5, 0.6) is 0 Å². The third-order valence-electron chi connectivity index (χ3n) is 20.3. The molecule has 20 rings (SSSR count). The molecule has 0 aliphatic heterocycles. The van der Waals surface area contributed by atoms with E-state index in [0.29, 0.717) is 102 Å². The number of carboxylic acids is 4. The van der Waals surface area contributed by atoms with Crippen molar-refractivity contribution in [1.82, 2.24) is 98.0 Å². The lowest BCUT2D eigenvalue weighted by Gasteiger charge is -2.07. The number of carbonyl (C=O) groups is 5. The minimum Gasteiger partial charge on any atom is -0.476 e. The summed E-state index contributed by atoms with van der Waals surface area (Å²) in [6.07, 6.45) is 0. The van der Waals surface area contributed by atoms with Gasteiger partial charge in [0.2, 0.25) is 17.5 Å². The van der Waals surface area contributed by atoms with Gasteiger partial charge in [-0.3, -0.25) is 0 Å². The summed E-state index contributed by atoms with van der Waals surface area (Å²) >= 11 is 56.8. The molecule has 712 valence electrons. The number of aromatic carboxylic acids is 4. The van der Waals surface area contributed by atoms with Gasteiger partial charge in [-0.1, -0.05) is 258 Å². The fraction of sp³-hybridized carbons (Fsp3) is 0.0722. The van der Waals surface area contributed by atoms with Crippen LogP contribution in [-0.2, 0) is 4.74 Å². The lowest BCUT2D eigenvalue weighted by Crippen LogP contribution is -2.07. The summed E-state index contributed by atoms with van der Waals surface area (Å²) in [5, 5.41) is 74.3.